The maximum absolute atomic E-state index is 13.6. The number of hydrogen-bond acceptors (Lipinski definition) is 3. The Morgan fingerprint density at radius 3 is 2.68 bits per heavy atom. The molecule has 0 aliphatic heterocycles. The van der Waals surface area contributed by atoms with Crippen LogP contribution in [0.5, 0.6) is 5.75 Å². The summed E-state index contributed by atoms with van der Waals surface area (Å²) < 4.78 is 23.7. The molecule has 0 amide bonds. The molecule has 1 unspecified atom stereocenters. The Kier molecular flexibility index (Phi) is 7.45. The van der Waals surface area contributed by atoms with Gasteiger partial charge in [-0.1, -0.05) is 13.0 Å². The van der Waals surface area contributed by atoms with Crippen LogP contribution in [0, 0.1) is 5.82 Å². The summed E-state index contributed by atoms with van der Waals surface area (Å²) in [5.74, 6) is -0.0142. The SMILES string of the molecule is CCCNC(CCOC)Cc1ccc(OC)c(F)c1. The molecule has 0 aliphatic carbocycles. The lowest BCUT2D eigenvalue weighted by atomic mass is 10.0. The predicted molar refractivity (Wildman–Crippen MR) is 75.2 cm³/mol. The van der Waals surface area contributed by atoms with E-state index in [-0.39, 0.29) is 5.82 Å². The molecule has 1 atom stereocenters. The standard InChI is InChI=1S/C15H24FNO2/c1-4-8-17-13(7-9-18-2)10-12-5-6-15(19-3)14(16)11-12/h5-6,11,13,17H,4,7-10H2,1-3H3. The van der Waals surface area contributed by atoms with Gasteiger partial charge in [-0.3, -0.25) is 0 Å². The van der Waals surface area contributed by atoms with Crippen LogP contribution in [-0.2, 0) is 11.2 Å². The quantitative estimate of drug-likeness (QED) is 0.748. The van der Waals surface area contributed by atoms with Gasteiger partial charge in [0.05, 0.1) is 7.11 Å². The van der Waals surface area contributed by atoms with Gasteiger partial charge >= 0.3 is 0 Å². The molecule has 3 nitrogen and oxygen atoms in total. The van der Waals surface area contributed by atoms with E-state index < -0.39 is 0 Å². The van der Waals surface area contributed by atoms with E-state index in [9.17, 15) is 4.39 Å². The molecule has 0 aliphatic rings. The Labute approximate surface area is 115 Å². The number of nitrogens with one attached hydrogen (secondary N) is 1. The Balaban J connectivity index is 2.63. The number of rotatable bonds is 9. The molecule has 1 aromatic rings. The summed E-state index contributed by atoms with van der Waals surface area (Å²) in [6.07, 6.45) is 2.80. The van der Waals surface area contributed by atoms with E-state index in [4.69, 9.17) is 9.47 Å². The number of halogens is 1. The highest BCUT2D eigenvalue weighted by Gasteiger charge is 2.10. The molecule has 0 saturated heterocycles. The van der Waals surface area contributed by atoms with Crippen LogP contribution in [0.1, 0.15) is 25.3 Å². The van der Waals surface area contributed by atoms with Gasteiger partial charge in [-0.05, 0) is 43.5 Å². The number of ether oxygens (including phenoxy) is 2. The number of benzene rings is 1. The smallest absolute Gasteiger partial charge is 0.165 e. The Bertz CT molecular complexity index is 363. The van der Waals surface area contributed by atoms with Crippen LogP contribution in [0.2, 0.25) is 0 Å². The Morgan fingerprint density at radius 2 is 2.11 bits per heavy atom. The van der Waals surface area contributed by atoms with Crippen molar-refractivity contribution in [1.82, 2.24) is 5.32 Å². The molecule has 0 bridgehead atoms. The zero-order valence-electron chi connectivity index (χ0n) is 12.0. The van der Waals surface area contributed by atoms with Crippen molar-refractivity contribution in [3.05, 3.63) is 29.6 Å². The summed E-state index contributed by atoms with van der Waals surface area (Å²) in [6, 6.07) is 5.45. The van der Waals surface area contributed by atoms with Gasteiger partial charge in [-0.15, -0.1) is 0 Å². The molecular formula is C15H24FNO2. The summed E-state index contributed by atoms with van der Waals surface area (Å²) in [5.41, 5.74) is 0.975. The van der Waals surface area contributed by atoms with Gasteiger partial charge in [0.1, 0.15) is 0 Å². The van der Waals surface area contributed by atoms with Gasteiger partial charge < -0.3 is 14.8 Å². The van der Waals surface area contributed by atoms with Crippen LogP contribution in [0.3, 0.4) is 0 Å². The average Bonchev–Trinajstić information content (AvgIpc) is 2.42. The first kappa shape index (κ1) is 15.9. The minimum Gasteiger partial charge on any atom is -0.494 e. The lowest BCUT2D eigenvalue weighted by molar-refractivity contribution is 0.182. The zero-order chi connectivity index (χ0) is 14.1. The third-order valence-electron chi connectivity index (χ3n) is 3.05. The molecule has 1 N–H and O–H groups in total. The summed E-state index contributed by atoms with van der Waals surface area (Å²) in [7, 11) is 3.17. The second-order valence-electron chi connectivity index (χ2n) is 4.61. The molecule has 0 heterocycles. The normalized spacial score (nSPS) is 12.4. The van der Waals surface area contributed by atoms with E-state index in [0.717, 1.165) is 31.4 Å². The first-order valence-corrected chi connectivity index (χ1v) is 6.76. The van der Waals surface area contributed by atoms with E-state index in [0.29, 0.717) is 18.4 Å². The molecule has 0 radical (unpaired) electrons. The maximum Gasteiger partial charge on any atom is 0.165 e. The first-order valence-electron chi connectivity index (χ1n) is 6.76. The van der Waals surface area contributed by atoms with Crippen LogP contribution >= 0.6 is 0 Å². The predicted octanol–water partition coefficient (Wildman–Crippen LogP) is 2.78. The van der Waals surface area contributed by atoms with Gasteiger partial charge in [-0.25, -0.2) is 4.39 Å². The maximum atomic E-state index is 13.6. The van der Waals surface area contributed by atoms with Gasteiger partial charge in [0.15, 0.2) is 11.6 Å². The van der Waals surface area contributed by atoms with Crippen molar-refractivity contribution in [3.63, 3.8) is 0 Å². The van der Waals surface area contributed by atoms with E-state index in [1.807, 2.05) is 6.07 Å². The second kappa shape index (κ2) is 8.88. The minimum absolute atomic E-state index is 0.290. The summed E-state index contributed by atoms with van der Waals surface area (Å²) in [5, 5.41) is 3.47. The monoisotopic (exact) mass is 269 g/mol. The van der Waals surface area contributed by atoms with Crippen LogP contribution in [0.15, 0.2) is 18.2 Å². The summed E-state index contributed by atoms with van der Waals surface area (Å²) >= 11 is 0. The Morgan fingerprint density at radius 1 is 1.32 bits per heavy atom. The molecule has 1 aromatic carbocycles. The first-order chi connectivity index (χ1) is 9.21. The molecule has 108 valence electrons. The molecule has 4 heteroatoms. The summed E-state index contributed by atoms with van der Waals surface area (Å²) in [6.45, 7) is 3.81. The summed E-state index contributed by atoms with van der Waals surface area (Å²) in [4.78, 5) is 0. The van der Waals surface area contributed by atoms with Crippen molar-refractivity contribution >= 4 is 0 Å². The third-order valence-corrected chi connectivity index (χ3v) is 3.05. The van der Waals surface area contributed by atoms with E-state index in [1.54, 1.807) is 19.2 Å². The molecular weight excluding hydrogens is 245 g/mol. The van der Waals surface area contributed by atoms with Crippen molar-refractivity contribution in [2.45, 2.75) is 32.2 Å². The van der Waals surface area contributed by atoms with E-state index in [2.05, 4.69) is 12.2 Å². The number of hydrogen-bond donors (Lipinski definition) is 1. The largest absolute Gasteiger partial charge is 0.494 e. The molecule has 0 aromatic heterocycles. The highest BCUT2D eigenvalue weighted by atomic mass is 19.1. The molecule has 0 fully saturated rings. The van der Waals surface area contributed by atoms with Crippen LogP contribution in [-0.4, -0.2) is 33.4 Å². The van der Waals surface area contributed by atoms with Crippen LogP contribution in [0.25, 0.3) is 0 Å². The lowest BCUT2D eigenvalue weighted by Gasteiger charge is -2.18. The van der Waals surface area contributed by atoms with Crippen molar-refractivity contribution < 1.29 is 13.9 Å². The van der Waals surface area contributed by atoms with Gasteiger partial charge in [0.25, 0.3) is 0 Å². The van der Waals surface area contributed by atoms with Gasteiger partial charge in [0, 0.05) is 19.8 Å². The number of methoxy groups -OCH3 is 2. The third kappa shape index (κ3) is 5.57. The molecule has 0 saturated carbocycles. The van der Waals surface area contributed by atoms with Crippen molar-refractivity contribution in [1.29, 1.82) is 0 Å². The van der Waals surface area contributed by atoms with Gasteiger partial charge in [0.2, 0.25) is 0 Å². The second-order valence-corrected chi connectivity index (χ2v) is 4.61. The highest BCUT2D eigenvalue weighted by molar-refractivity contribution is 5.29. The zero-order valence-corrected chi connectivity index (χ0v) is 12.0. The topological polar surface area (TPSA) is 30.5 Å². The lowest BCUT2D eigenvalue weighted by Crippen LogP contribution is -2.32. The molecule has 0 spiro atoms. The van der Waals surface area contributed by atoms with Crippen LogP contribution in [0.4, 0.5) is 4.39 Å². The fourth-order valence-electron chi connectivity index (χ4n) is 2.01. The fourth-order valence-corrected chi connectivity index (χ4v) is 2.01. The van der Waals surface area contributed by atoms with Gasteiger partial charge in [-0.2, -0.15) is 0 Å². The van der Waals surface area contributed by atoms with Crippen molar-refractivity contribution in [2.24, 2.45) is 0 Å². The highest BCUT2D eigenvalue weighted by Crippen LogP contribution is 2.19. The van der Waals surface area contributed by atoms with Crippen molar-refractivity contribution in [3.8, 4) is 5.75 Å². The Hall–Kier alpha value is -1.13. The molecule has 19 heavy (non-hydrogen) atoms. The van der Waals surface area contributed by atoms with E-state index >= 15 is 0 Å². The molecule has 1 rings (SSSR count). The van der Waals surface area contributed by atoms with Crippen LogP contribution < -0.4 is 10.1 Å². The minimum atomic E-state index is -0.305. The van der Waals surface area contributed by atoms with Crippen molar-refractivity contribution in [2.75, 3.05) is 27.4 Å². The average molecular weight is 269 g/mol. The fraction of sp³-hybridized carbons (Fsp3) is 0.600. The van der Waals surface area contributed by atoms with E-state index in [1.165, 1.54) is 7.11 Å².